The van der Waals surface area contributed by atoms with E-state index in [9.17, 15) is 4.39 Å². The minimum atomic E-state index is -0.237. The second-order valence-electron chi connectivity index (χ2n) is 5.00. The van der Waals surface area contributed by atoms with Gasteiger partial charge in [-0.2, -0.15) is 0 Å². The van der Waals surface area contributed by atoms with Gasteiger partial charge in [-0.3, -0.25) is 0 Å². The Morgan fingerprint density at radius 1 is 1.15 bits per heavy atom. The summed E-state index contributed by atoms with van der Waals surface area (Å²) in [4.78, 5) is 2.09. The highest BCUT2D eigenvalue weighted by atomic mass is 79.9. The lowest BCUT2D eigenvalue weighted by Crippen LogP contribution is -2.11. The average molecular weight is 337 g/mol. The lowest BCUT2D eigenvalue weighted by Gasteiger charge is -2.17. The summed E-state index contributed by atoms with van der Waals surface area (Å²) in [5.41, 5.74) is 4.52. The highest BCUT2D eigenvalue weighted by Gasteiger charge is 2.04. The van der Waals surface area contributed by atoms with Gasteiger partial charge in [0, 0.05) is 32.0 Å². The fourth-order valence-electron chi connectivity index (χ4n) is 2.05. The Bertz CT molecular complexity index is 611. The van der Waals surface area contributed by atoms with Gasteiger partial charge in [0.15, 0.2) is 0 Å². The molecule has 1 N–H and O–H groups in total. The number of benzene rings is 2. The van der Waals surface area contributed by atoms with Crippen molar-refractivity contribution in [2.24, 2.45) is 0 Å². The minimum Gasteiger partial charge on any atom is -0.381 e. The Kier molecular flexibility index (Phi) is 4.65. The largest absolute Gasteiger partial charge is 0.381 e. The van der Waals surface area contributed by atoms with Gasteiger partial charge >= 0.3 is 0 Å². The molecule has 106 valence electrons. The van der Waals surface area contributed by atoms with Gasteiger partial charge < -0.3 is 10.2 Å². The SMILES string of the molecule is Cc1ccc(NCc2ccc(F)c(Br)c2)cc1N(C)C. The van der Waals surface area contributed by atoms with Crippen molar-refractivity contribution in [2.45, 2.75) is 13.5 Å². The first-order chi connectivity index (χ1) is 9.47. The summed E-state index contributed by atoms with van der Waals surface area (Å²) < 4.78 is 13.7. The summed E-state index contributed by atoms with van der Waals surface area (Å²) in [7, 11) is 4.06. The van der Waals surface area contributed by atoms with E-state index in [0.29, 0.717) is 11.0 Å². The van der Waals surface area contributed by atoms with Gasteiger partial charge in [-0.25, -0.2) is 4.39 Å². The molecule has 0 heterocycles. The van der Waals surface area contributed by atoms with Crippen LogP contribution in [0.3, 0.4) is 0 Å². The quantitative estimate of drug-likeness (QED) is 0.879. The minimum absolute atomic E-state index is 0.237. The van der Waals surface area contributed by atoms with E-state index in [1.807, 2.05) is 14.1 Å². The van der Waals surface area contributed by atoms with Crippen LogP contribution < -0.4 is 10.2 Å². The fourth-order valence-corrected chi connectivity index (χ4v) is 2.48. The van der Waals surface area contributed by atoms with Crippen LogP contribution in [0.25, 0.3) is 0 Å². The summed E-state index contributed by atoms with van der Waals surface area (Å²) in [6.45, 7) is 2.75. The number of hydrogen-bond donors (Lipinski definition) is 1. The molecule has 0 aromatic heterocycles. The molecule has 0 atom stereocenters. The highest BCUT2D eigenvalue weighted by Crippen LogP contribution is 2.23. The maximum Gasteiger partial charge on any atom is 0.137 e. The Morgan fingerprint density at radius 3 is 2.55 bits per heavy atom. The molecular weight excluding hydrogens is 319 g/mol. The molecular formula is C16H18BrFN2. The van der Waals surface area contributed by atoms with Gasteiger partial charge in [0.05, 0.1) is 4.47 Å². The molecule has 0 amide bonds. The third kappa shape index (κ3) is 3.51. The van der Waals surface area contributed by atoms with Gasteiger partial charge in [0.2, 0.25) is 0 Å². The molecule has 0 aliphatic carbocycles. The van der Waals surface area contributed by atoms with Crippen molar-refractivity contribution < 1.29 is 4.39 Å². The fraction of sp³-hybridized carbons (Fsp3) is 0.250. The van der Waals surface area contributed by atoms with Crippen LogP contribution in [-0.2, 0) is 6.54 Å². The van der Waals surface area contributed by atoms with Crippen LogP contribution in [0, 0.1) is 12.7 Å². The number of rotatable bonds is 4. The van der Waals surface area contributed by atoms with Gasteiger partial charge in [-0.15, -0.1) is 0 Å². The van der Waals surface area contributed by atoms with Crippen molar-refractivity contribution in [3.8, 4) is 0 Å². The van der Waals surface area contributed by atoms with E-state index in [1.165, 1.54) is 17.3 Å². The zero-order valence-electron chi connectivity index (χ0n) is 11.9. The molecule has 4 heteroatoms. The number of nitrogens with one attached hydrogen (secondary N) is 1. The van der Waals surface area contributed by atoms with E-state index in [4.69, 9.17) is 0 Å². The molecule has 0 fully saturated rings. The van der Waals surface area contributed by atoms with E-state index in [2.05, 4.69) is 51.3 Å². The number of nitrogens with zero attached hydrogens (tertiary/aromatic N) is 1. The van der Waals surface area contributed by atoms with Crippen molar-refractivity contribution in [1.82, 2.24) is 0 Å². The predicted octanol–water partition coefficient (Wildman–Crippen LogP) is 4.57. The maximum absolute atomic E-state index is 13.2. The van der Waals surface area contributed by atoms with E-state index in [1.54, 1.807) is 12.1 Å². The molecule has 20 heavy (non-hydrogen) atoms. The summed E-state index contributed by atoms with van der Waals surface area (Å²) in [6, 6.07) is 11.3. The van der Waals surface area contributed by atoms with E-state index < -0.39 is 0 Å². The van der Waals surface area contributed by atoms with E-state index in [0.717, 1.165) is 11.3 Å². The van der Waals surface area contributed by atoms with E-state index >= 15 is 0 Å². The molecule has 0 spiro atoms. The van der Waals surface area contributed by atoms with Crippen LogP contribution in [0.1, 0.15) is 11.1 Å². The average Bonchev–Trinajstić information content (AvgIpc) is 2.41. The normalized spacial score (nSPS) is 10.4. The standard InChI is InChI=1S/C16H18BrFN2/c1-11-4-6-13(9-16(11)20(2)3)19-10-12-5-7-15(18)14(17)8-12/h4-9,19H,10H2,1-3H3. The molecule has 0 aliphatic rings. The first-order valence-electron chi connectivity index (χ1n) is 6.43. The summed E-state index contributed by atoms with van der Waals surface area (Å²) >= 11 is 3.20. The number of halogens is 2. The topological polar surface area (TPSA) is 15.3 Å². The van der Waals surface area contributed by atoms with Crippen molar-refractivity contribution in [3.63, 3.8) is 0 Å². The van der Waals surface area contributed by atoms with Crippen LogP contribution in [0.5, 0.6) is 0 Å². The van der Waals surface area contributed by atoms with Gasteiger partial charge in [-0.05, 0) is 58.2 Å². The zero-order valence-corrected chi connectivity index (χ0v) is 13.5. The van der Waals surface area contributed by atoms with Crippen molar-refractivity contribution >= 4 is 27.3 Å². The van der Waals surface area contributed by atoms with Crippen LogP contribution >= 0.6 is 15.9 Å². The Balaban J connectivity index is 2.10. The molecule has 0 bridgehead atoms. The third-order valence-corrected chi connectivity index (χ3v) is 3.78. The lowest BCUT2D eigenvalue weighted by atomic mass is 10.1. The molecule has 0 saturated heterocycles. The third-order valence-electron chi connectivity index (χ3n) is 3.17. The zero-order chi connectivity index (χ0) is 14.7. The van der Waals surface area contributed by atoms with E-state index in [-0.39, 0.29) is 5.82 Å². The van der Waals surface area contributed by atoms with Crippen molar-refractivity contribution in [1.29, 1.82) is 0 Å². The molecule has 2 rings (SSSR count). The molecule has 2 aromatic rings. The summed E-state index contributed by atoms with van der Waals surface area (Å²) in [5, 5.41) is 3.36. The van der Waals surface area contributed by atoms with Gasteiger partial charge in [0.25, 0.3) is 0 Å². The van der Waals surface area contributed by atoms with Crippen molar-refractivity contribution in [2.75, 3.05) is 24.3 Å². The van der Waals surface area contributed by atoms with Gasteiger partial charge in [0.1, 0.15) is 5.82 Å². The Morgan fingerprint density at radius 2 is 1.90 bits per heavy atom. The molecule has 2 nitrogen and oxygen atoms in total. The van der Waals surface area contributed by atoms with Crippen LogP contribution in [-0.4, -0.2) is 14.1 Å². The monoisotopic (exact) mass is 336 g/mol. The summed E-state index contributed by atoms with van der Waals surface area (Å²) in [5.74, 6) is -0.237. The van der Waals surface area contributed by atoms with Gasteiger partial charge in [-0.1, -0.05) is 12.1 Å². The number of anilines is 2. The Hall–Kier alpha value is -1.55. The number of hydrogen-bond acceptors (Lipinski definition) is 2. The van der Waals surface area contributed by atoms with Crippen LogP contribution in [0.15, 0.2) is 40.9 Å². The summed E-state index contributed by atoms with van der Waals surface area (Å²) in [6.07, 6.45) is 0. The predicted molar refractivity (Wildman–Crippen MR) is 86.9 cm³/mol. The molecule has 0 unspecified atom stereocenters. The smallest absolute Gasteiger partial charge is 0.137 e. The Labute approximate surface area is 127 Å². The number of aryl methyl sites for hydroxylation is 1. The lowest BCUT2D eigenvalue weighted by molar-refractivity contribution is 0.620. The first kappa shape index (κ1) is 14.9. The van der Waals surface area contributed by atoms with Crippen molar-refractivity contribution in [3.05, 3.63) is 57.8 Å². The molecule has 0 radical (unpaired) electrons. The van der Waals surface area contributed by atoms with Crippen LogP contribution in [0.4, 0.5) is 15.8 Å². The molecule has 0 saturated carbocycles. The van der Waals surface area contributed by atoms with Crippen LogP contribution in [0.2, 0.25) is 0 Å². The second kappa shape index (κ2) is 6.27. The highest BCUT2D eigenvalue weighted by molar-refractivity contribution is 9.10. The molecule has 2 aromatic carbocycles. The molecule has 0 aliphatic heterocycles. The first-order valence-corrected chi connectivity index (χ1v) is 7.22. The second-order valence-corrected chi connectivity index (χ2v) is 5.85. The maximum atomic E-state index is 13.2.